The fraction of sp³-hybridized carbons (Fsp3) is 0.545. The fourth-order valence-corrected chi connectivity index (χ4v) is 2.29. The van der Waals surface area contributed by atoms with Crippen molar-refractivity contribution in [2.24, 2.45) is 5.92 Å². The summed E-state index contributed by atoms with van der Waals surface area (Å²) in [7, 11) is 0. The lowest BCUT2D eigenvalue weighted by Gasteiger charge is -2.22. The third-order valence-corrected chi connectivity index (χ3v) is 3.33. The predicted octanol–water partition coefficient (Wildman–Crippen LogP) is 1.62. The number of anilines is 1. The topological polar surface area (TPSA) is 64.3 Å². The summed E-state index contributed by atoms with van der Waals surface area (Å²) in [5.74, 6) is 1.97. The SMILES string of the molecule is Clc1cc(NCC2CCOCC2)n2ncnc2n1. The van der Waals surface area contributed by atoms with Crippen molar-refractivity contribution in [3.8, 4) is 0 Å². The van der Waals surface area contributed by atoms with Gasteiger partial charge in [-0.25, -0.2) is 0 Å². The van der Waals surface area contributed by atoms with Gasteiger partial charge in [0.05, 0.1) is 0 Å². The Morgan fingerprint density at radius 3 is 3.11 bits per heavy atom. The first-order valence-corrected chi connectivity index (χ1v) is 6.38. The van der Waals surface area contributed by atoms with E-state index in [0.717, 1.165) is 38.4 Å². The van der Waals surface area contributed by atoms with Crippen LogP contribution in [0.15, 0.2) is 12.4 Å². The number of hydrogen-bond donors (Lipinski definition) is 1. The van der Waals surface area contributed by atoms with Crippen LogP contribution in [0.1, 0.15) is 12.8 Å². The number of nitrogens with zero attached hydrogens (tertiary/aromatic N) is 4. The molecule has 2 aromatic rings. The second-order valence-corrected chi connectivity index (χ2v) is 4.76. The molecule has 6 nitrogen and oxygen atoms in total. The highest BCUT2D eigenvalue weighted by Gasteiger charge is 2.14. The Labute approximate surface area is 109 Å². The minimum Gasteiger partial charge on any atom is -0.381 e. The van der Waals surface area contributed by atoms with Crippen LogP contribution >= 0.6 is 11.6 Å². The van der Waals surface area contributed by atoms with E-state index in [2.05, 4.69) is 20.4 Å². The minimum absolute atomic E-state index is 0.421. The summed E-state index contributed by atoms with van der Waals surface area (Å²) < 4.78 is 7.00. The van der Waals surface area contributed by atoms with E-state index < -0.39 is 0 Å². The van der Waals surface area contributed by atoms with Crippen LogP contribution in [0, 0.1) is 5.92 Å². The van der Waals surface area contributed by atoms with Gasteiger partial charge < -0.3 is 10.1 Å². The Morgan fingerprint density at radius 1 is 1.44 bits per heavy atom. The molecule has 0 spiro atoms. The Balaban J connectivity index is 1.75. The Morgan fingerprint density at radius 2 is 2.28 bits per heavy atom. The quantitative estimate of drug-likeness (QED) is 0.856. The highest BCUT2D eigenvalue weighted by molar-refractivity contribution is 6.29. The standard InChI is InChI=1S/C11H14ClN5O/c12-9-5-10(17-11(16-9)14-7-15-17)13-6-8-1-3-18-4-2-8/h5,7-8,13H,1-4,6H2. The van der Waals surface area contributed by atoms with Gasteiger partial charge in [-0.15, -0.1) is 0 Å². The zero-order valence-electron chi connectivity index (χ0n) is 9.84. The van der Waals surface area contributed by atoms with E-state index in [9.17, 15) is 0 Å². The smallest absolute Gasteiger partial charge is 0.255 e. The molecule has 0 bridgehead atoms. The minimum atomic E-state index is 0.421. The van der Waals surface area contributed by atoms with Crippen LogP contribution < -0.4 is 5.32 Å². The van der Waals surface area contributed by atoms with Gasteiger partial charge in [0.2, 0.25) is 0 Å². The molecule has 1 N–H and O–H groups in total. The van der Waals surface area contributed by atoms with E-state index in [4.69, 9.17) is 16.3 Å². The van der Waals surface area contributed by atoms with Crippen molar-refractivity contribution in [2.75, 3.05) is 25.1 Å². The molecule has 1 fully saturated rings. The van der Waals surface area contributed by atoms with Crippen molar-refractivity contribution >= 4 is 23.2 Å². The Bertz CT molecular complexity index is 537. The van der Waals surface area contributed by atoms with Crippen molar-refractivity contribution in [3.63, 3.8) is 0 Å². The number of rotatable bonds is 3. The van der Waals surface area contributed by atoms with Crippen LogP contribution in [-0.4, -0.2) is 39.3 Å². The van der Waals surface area contributed by atoms with Crippen LogP contribution in [0.5, 0.6) is 0 Å². The van der Waals surface area contributed by atoms with Crippen molar-refractivity contribution in [1.29, 1.82) is 0 Å². The molecule has 0 atom stereocenters. The largest absolute Gasteiger partial charge is 0.381 e. The third-order valence-electron chi connectivity index (χ3n) is 3.13. The van der Waals surface area contributed by atoms with Gasteiger partial charge in [0.25, 0.3) is 5.78 Å². The molecule has 0 aromatic carbocycles. The zero-order valence-corrected chi connectivity index (χ0v) is 10.6. The molecule has 0 aliphatic carbocycles. The van der Waals surface area contributed by atoms with E-state index in [1.807, 2.05) is 0 Å². The molecule has 3 heterocycles. The molecule has 0 radical (unpaired) electrons. The van der Waals surface area contributed by atoms with Gasteiger partial charge in [-0.3, -0.25) is 0 Å². The molecule has 3 rings (SSSR count). The van der Waals surface area contributed by atoms with Crippen molar-refractivity contribution < 1.29 is 4.74 Å². The van der Waals surface area contributed by atoms with Crippen LogP contribution in [0.25, 0.3) is 5.78 Å². The second kappa shape index (κ2) is 5.07. The summed E-state index contributed by atoms with van der Waals surface area (Å²) in [5, 5.41) is 7.91. The number of ether oxygens (including phenoxy) is 1. The molecule has 0 saturated carbocycles. The first-order valence-electron chi connectivity index (χ1n) is 6.01. The second-order valence-electron chi connectivity index (χ2n) is 4.37. The highest BCUT2D eigenvalue weighted by Crippen LogP contribution is 2.18. The number of halogens is 1. The van der Waals surface area contributed by atoms with Gasteiger partial charge in [-0.05, 0) is 18.8 Å². The van der Waals surface area contributed by atoms with Crippen LogP contribution in [-0.2, 0) is 4.74 Å². The number of hydrogen-bond acceptors (Lipinski definition) is 5. The predicted molar refractivity (Wildman–Crippen MR) is 67.8 cm³/mol. The Hall–Kier alpha value is -1.40. The summed E-state index contributed by atoms with van der Waals surface area (Å²) in [6, 6.07) is 1.77. The monoisotopic (exact) mass is 267 g/mol. The van der Waals surface area contributed by atoms with Crippen molar-refractivity contribution in [1.82, 2.24) is 19.6 Å². The third kappa shape index (κ3) is 2.39. The van der Waals surface area contributed by atoms with Gasteiger partial charge in [0.15, 0.2) is 0 Å². The molecular formula is C11H14ClN5O. The van der Waals surface area contributed by atoms with E-state index in [-0.39, 0.29) is 0 Å². The maximum Gasteiger partial charge on any atom is 0.255 e. The average molecular weight is 268 g/mol. The molecule has 7 heteroatoms. The fourth-order valence-electron chi connectivity index (χ4n) is 2.11. The van der Waals surface area contributed by atoms with Crippen LogP contribution in [0.4, 0.5) is 5.82 Å². The lowest BCUT2D eigenvalue weighted by Crippen LogP contribution is -2.23. The first kappa shape index (κ1) is 11.7. The summed E-state index contributed by atoms with van der Waals surface area (Å²) >= 11 is 5.95. The van der Waals surface area contributed by atoms with Crippen molar-refractivity contribution in [3.05, 3.63) is 17.5 Å². The molecule has 0 amide bonds. The van der Waals surface area contributed by atoms with Gasteiger partial charge in [0.1, 0.15) is 17.3 Å². The van der Waals surface area contributed by atoms with Crippen molar-refractivity contribution in [2.45, 2.75) is 12.8 Å². The van der Waals surface area contributed by atoms with Gasteiger partial charge in [0, 0.05) is 25.8 Å². The molecule has 1 aliphatic heterocycles. The zero-order chi connectivity index (χ0) is 12.4. The summed E-state index contributed by atoms with van der Waals surface area (Å²) in [5.41, 5.74) is 0. The normalized spacial score (nSPS) is 17.2. The van der Waals surface area contributed by atoms with Gasteiger partial charge in [-0.1, -0.05) is 11.6 Å². The molecule has 2 aromatic heterocycles. The van der Waals surface area contributed by atoms with Gasteiger partial charge >= 0.3 is 0 Å². The number of aromatic nitrogens is 4. The maximum absolute atomic E-state index is 5.95. The molecule has 0 unspecified atom stereocenters. The van der Waals surface area contributed by atoms with E-state index in [1.165, 1.54) is 6.33 Å². The molecule has 96 valence electrons. The number of nitrogens with one attached hydrogen (secondary N) is 1. The molecular weight excluding hydrogens is 254 g/mol. The highest BCUT2D eigenvalue weighted by atomic mass is 35.5. The molecule has 1 aliphatic rings. The van der Waals surface area contributed by atoms with Crippen LogP contribution in [0.3, 0.4) is 0 Å². The van der Waals surface area contributed by atoms with E-state index in [1.54, 1.807) is 10.6 Å². The first-order chi connectivity index (χ1) is 8.83. The van der Waals surface area contributed by atoms with Gasteiger partial charge in [-0.2, -0.15) is 19.6 Å². The summed E-state index contributed by atoms with van der Waals surface area (Å²) in [4.78, 5) is 8.12. The lowest BCUT2D eigenvalue weighted by atomic mass is 10.0. The maximum atomic E-state index is 5.95. The Kier molecular flexibility index (Phi) is 3.29. The molecule has 18 heavy (non-hydrogen) atoms. The number of fused-ring (bicyclic) bond motifs is 1. The van der Waals surface area contributed by atoms with Crippen LogP contribution in [0.2, 0.25) is 5.15 Å². The summed E-state index contributed by atoms with van der Waals surface area (Å²) in [6.45, 7) is 2.59. The lowest BCUT2D eigenvalue weighted by molar-refractivity contribution is 0.0699. The average Bonchev–Trinajstić information content (AvgIpc) is 2.85. The molecule has 1 saturated heterocycles. The summed E-state index contributed by atoms with van der Waals surface area (Å²) in [6.07, 6.45) is 3.65. The van der Waals surface area contributed by atoms with E-state index in [0.29, 0.717) is 16.8 Å². The van der Waals surface area contributed by atoms with E-state index >= 15 is 0 Å².